The Bertz CT molecular complexity index is 198. The molecule has 1 aliphatic heterocycles. The topological polar surface area (TPSA) is 46.2 Å². The highest BCUT2D eigenvalue weighted by Crippen LogP contribution is 2.19. The van der Waals surface area contributed by atoms with Crippen LogP contribution in [0.25, 0.3) is 0 Å². The fourth-order valence-electron chi connectivity index (χ4n) is 0.979. The molecule has 5 heteroatoms. The van der Waals surface area contributed by atoms with E-state index in [4.69, 9.17) is 11.6 Å². The maximum absolute atomic E-state index is 11.0. The summed E-state index contributed by atoms with van der Waals surface area (Å²) in [5, 5.41) is 2.70. The molecule has 1 amide bonds. The van der Waals surface area contributed by atoms with E-state index in [-0.39, 0.29) is 23.5 Å². The van der Waals surface area contributed by atoms with Gasteiger partial charge >= 0.3 is 0 Å². The maximum atomic E-state index is 11.0. The fourth-order valence-corrected chi connectivity index (χ4v) is 2.08. The summed E-state index contributed by atoms with van der Waals surface area (Å²) in [4.78, 5) is 22.0. The summed E-state index contributed by atoms with van der Waals surface area (Å²) < 4.78 is 0. The number of alkyl halides is 1. The lowest BCUT2D eigenvalue weighted by atomic mass is 10.2. The molecule has 1 saturated heterocycles. The zero-order chi connectivity index (χ0) is 8.97. The molecule has 0 aromatic carbocycles. The molecular weight excluding hydrogens is 198 g/mol. The van der Waals surface area contributed by atoms with E-state index in [1.807, 2.05) is 0 Å². The zero-order valence-corrected chi connectivity index (χ0v) is 8.08. The number of halogens is 1. The van der Waals surface area contributed by atoms with Crippen LogP contribution in [0.1, 0.15) is 12.8 Å². The van der Waals surface area contributed by atoms with Crippen molar-refractivity contribution in [3.63, 3.8) is 0 Å². The summed E-state index contributed by atoms with van der Waals surface area (Å²) in [6.45, 7) is 0. The number of rotatable bonds is 3. The molecule has 1 heterocycles. The van der Waals surface area contributed by atoms with Crippen LogP contribution in [0.3, 0.4) is 0 Å². The number of nitrogens with one attached hydrogen (secondary N) is 1. The zero-order valence-electron chi connectivity index (χ0n) is 6.51. The number of carbonyl (C=O) groups excluding carboxylic acids is 2. The summed E-state index contributed by atoms with van der Waals surface area (Å²) in [5.41, 5.74) is 0. The van der Waals surface area contributed by atoms with E-state index in [2.05, 4.69) is 5.32 Å². The largest absolute Gasteiger partial charge is 0.345 e. The molecule has 0 aromatic heterocycles. The van der Waals surface area contributed by atoms with Crippen molar-refractivity contribution >= 4 is 34.4 Å². The summed E-state index contributed by atoms with van der Waals surface area (Å²) in [6, 6.07) is -0.272. The van der Waals surface area contributed by atoms with Gasteiger partial charge in [0.15, 0.2) is 0 Å². The molecule has 68 valence electrons. The van der Waals surface area contributed by atoms with E-state index in [1.54, 1.807) is 0 Å². The lowest BCUT2D eigenvalue weighted by Gasteiger charge is -2.08. The van der Waals surface area contributed by atoms with Gasteiger partial charge in [0.2, 0.25) is 11.0 Å². The molecule has 0 spiro atoms. The first-order valence-electron chi connectivity index (χ1n) is 3.76. The summed E-state index contributed by atoms with van der Waals surface area (Å²) >= 11 is 6.65. The van der Waals surface area contributed by atoms with Gasteiger partial charge in [0.05, 0.1) is 6.04 Å². The van der Waals surface area contributed by atoms with Gasteiger partial charge in [-0.05, 0) is 6.42 Å². The Balaban J connectivity index is 2.30. The Kier molecular flexibility index (Phi) is 3.88. The third kappa shape index (κ3) is 2.68. The van der Waals surface area contributed by atoms with Crippen molar-refractivity contribution in [1.82, 2.24) is 5.32 Å². The van der Waals surface area contributed by atoms with Crippen molar-refractivity contribution in [2.24, 2.45) is 0 Å². The molecule has 1 aliphatic rings. The van der Waals surface area contributed by atoms with Crippen molar-refractivity contribution in [2.45, 2.75) is 18.9 Å². The van der Waals surface area contributed by atoms with Crippen LogP contribution in [0.2, 0.25) is 0 Å². The van der Waals surface area contributed by atoms with Crippen molar-refractivity contribution < 1.29 is 9.59 Å². The van der Waals surface area contributed by atoms with Crippen LogP contribution in [0.15, 0.2) is 0 Å². The molecule has 1 atom stereocenters. The minimum atomic E-state index is -0.272. The Morgan fingerprint density at radius 3 is 3.00 bits per heavy atom. The second-order valence-electron chi connectivity index (χ2n) is 2.52. The summed E-state index contributed by atoms with van der Waals surface area (Å²) in [5.74, 6) is 0.982. The minimum Gasteiger partial charge on any atom is -0.345 e. The predicted molar refractivity (Wildman–Crippen MR) is 49.3 cm³/mol. The van der Waals surface area contributed by atoms with Gasteiger partial charge in [-0.25, -0.2) is 0 Å². The van der Waals surface area contributed by atoms with Gasteiger partial charge in [-0.15, -0.1) is 11.6 Å². The molecule has 0 aromatic rings. The van der Waals surface area contributed by atoms with Crippen LogP contribution in [-0.4, -0.2) is 28.7 Å². The Morgan fingerprint density at radius 1 is 1.75 bits per heavy atom. The average Bonchev–Trinajstić information content (AvgIpc) is 2.37. The second kappa shape index (κ2) is 4.72. The van der Waals surface area contributed by atoms with Crippen LogP contribution in [0, 0.1) is 0 Å². The minimum absolute atomic E-state index is 0.0675. The molecular formula is C7H10ClNO2S. The highest BCUT2D eigenvalue weighted by Gasteiger charge is 2.26. The molecule has 0 saturated carbocycles. The first kappa shape index (κ1) is 9.86. The monoisotopic (exact) mass is 207 g/mol. The summed E-state index contributed by atoms with van der Waals surface area (Å²) in [6.07, 6.45) is 1.04. The van der Waals surface area contributed by atoms with Crippen molar-refractivity contribution in [1.29, 1.82) is 0 Å². The highest BCUT2D eigenvalue weighted by molar-refractivity contribution is 8.14. The molecule has 1 rings (SSSR count). The quantitative estimate of drug-likeness (QED) is 0.696. The second-order valence-corrected chi connectivity index (χ2v) is 3.99. The first-order chi connectivity index (χ1) is 5.74. The molecule has 1 unspecified atom stereocenters. The lowest BCUT2D eigenvalue weighted by molar-refractivity contribution is -0.124. The van der Waals surface area contributed by atoms with Crippen LogP contribution >= 0.6 is 23.4 Å². The van der Waals surface area contributed by atoms with Gasteiger partial charge in [0.1, 0.15) is 0 Å². The Morgan fingerprint density at radius 2 is 2.50 bits per heavy atom. The van der Waals surface area contributed by atoms with Crippen molar-refractivity contribution in [2.75, 3.05) is 11.6 Å². The van der Waals surface area contributed by atoms with Crippen LogP contribution in [0.4, 0.5) is 0 Å². The molecule has 12 heavy (non-hydrogen) atoms. The van der Waals surface area contributed by atoms with Crippen molar-refractivity contribution in [3.05, 3.63) is 0 Å². The number of hydrogen-bond acceptors (Lipinski definition) is 3. The molecule has 3 nitrogen and oxygen atoms in total. The predicted octanol–water partition coefficient (Wildman–Crippen LogP) is 0.764. The summed E-state index contributed by atoms with van der Waals surface area (Å²) in [7, 11) is 0. The van der Waals surface area contributed by atoms with E-state index < -0.39 is 0 Å². The van der Waals surface area contributed by atoms with Crippen LogP contribution in [0.5, 0.6) is 0 Å². The molecule has 1 N–H and O–H groups in total. The number of hydrogen-bond donors (Lipinski definition) is 1. The van der Waals surface area contributed by atoms with Crippen LogP contribution < -0.4 is 5.32 Å². The Hall–Kier alpha value is -0.220. The molecule has 0 aliphatic carbocycles. The van der Waals surface area contributed by atoms with Gasteiger partial charge in [0.25, 0.3) is 0 Å². The van der Waals surface area contributed by atoms with Gasteiger partial charge in [-0.2, -0.15) is 0 Å². The number of thioether (sulfide) groups is 1. The highest BCUT2D eigenvalue weighted by atomic mass is 35.5. The van der Waals surface area contributed by atoms with E-state index in [0.29, 0.717) is 5.88 Å². The first-order valence-corrected chi connectivity index (χ1v) is 5.28. The van der Waals surface area contributed by atoms with Gasteiger partial charge in [-0.3, -0.25) is 9.59 Å². The smallest absolute Gasteiger partial charge is 0.221 e. The number of carbonyl (C=O) groups is 2. The van der Waals surface area contributed by atoms with E-state index in [1.165, 1.54) is 11.8 Å². The number of amides is 1. The van der Waals surface area contributed by atoms with Crippen molar-refractivity contribution in [3.8, 4) is 0 Å². The third-order valence-electron chi connectivity index (χ3n) is 1.59. The standard InChI is InChI=1S/C7H10ClNO2S/c8-3-1-6(10)9-5-2-4-12-7(5)11/h5H,1-4H2,(H,9,10). The molecule has 0 radical (unpaired) electrons. The van der Waals surface area contributed by atoms with Gasteiger partial charge in [0, 0.05) is 18.1 Å². The van der Waals surface area contributed by atoms with Gasteiger partial charge < -0.3 is 5.32 Å². The molecule has 0 bridgehead atoms. The van der Waals surface area contributed by atoms with E-state index >= 15 is 0 Å². The SMILES string of the molecule is O=C(CCCl)NC1CCSC1=O. The van der Waals surface area contributed by atoms with E-state index in [0.717, 1.165) is 12.2 Å². The molecule has 1 fully saturated rings. The van der Waals surface area contributed by atoms with E-state index in [9.17, 15) is 9.59 Å². The Labute approximate surface area is 80.2 Å². The normalized spacial score (nSPS) is 22.8. The van der Waals surface area contributed by atoms with Gasteiger partial charge in [-0.1, -0.05) is 11.8 Å². The van der Waals surface area contributed by atoms with Crippen LogP contribution in [-0.2, 0) is 9.59 Å². The maximum Gasteiger partial charge on any atom is 0.221 e. The fraction of sp³-hybridized carbons (Fsp3) is 0.714. The average molecular weight is 208 g/mol. The third-order valence-corrected chi connectivity index (χ3v) is 2.79. The lowest BCUT2D eigenvalue weighted by Crippen LogP contribution is -2.37.